The number of hydrogen-bond acceptors (Lipinski definition) is 5. The fraction of sp³-hybridized carbons (Fsp3) is 0.133. The number of para-hydroxylation sites is 1. The molecule has 2 aromatic heterocycles. The molecule has 22 heavy (non-hydrogen) atoms. The summed E-state index contributed by atoms with van der Waals surface area (Å²) in [5.74, 6) is 0.290. The zero-order chi connectivity index (χ0) is 15.7. The van der Waals surface area contributed by atoms with E-state index in [1.54, 1.807) is 26.4 Å². The fourth-order valence-electron chi connectivity index (χ4n) is 2.00. The maximum absolute atomic E-state index is 12.2. The highest BCUT2D eigenvalue weighted by Gasteiger charge is 2.12. The number of ether oxygens (including phenoxy) is 1. The van der Waals surface area contributed by atoms with Crippen LogP contribution in [0.15, 0.2) is 41.3 Å². The predicted octanol–water partition coefficient (Wildman–Crippen LogP) is 2.26. The number of aryl methyl sites for hydroxylation is 1. The number of amides is 1. The Balaban J connectivity index is 1.90. The Bertz CT molecular complexity index is 914. The first-order valence-corrected chi connectivity index (χ1v) is 7.31. The quantitative estimate of drug-likeness (QED) is 0.804. The third kappa shape index (κ3) is 2.58. The molecule has 3 rings (SSSR count). The van der Waals surface area contributed by atoms with Crippen molar-refractivity contribution < 1.29 is 9.53 Å². The van der Waals surface area contributed by atoms with Gasteiger partial charge in [0.25, 0.3) is 11.5 Å². The van der Waals surface area contributed by atoms with E-state index in [0.717, 1.165) is 4.70 Å². The first-order valence-electron chi connectivity index (χ1n) is 6.50. The molecule has 6 nitrogen and oxygen atoms in total. The average Bonchev–Trinajstić information content (AvgIpc) is 2.92. The number of aromatic nitrogens is 2. The van der Waals surface area contributed by atoms with Crippen molar-refractivity contribution in [2.45, 2.75) is 0 Å². The standard InChI is InChI=1S/C15H13N3O3S/c1-18-7-6-9(8-12(18)19)14(20)17-15-16-13-10(21-2)4-3-5-11(13)22-15/h3-8H,1-2H3,(H,16,17,20). The number of hydrogen-bond donors (Lipinski definition) is 1. The van der Waals surface area contributed by atoms with Gasteiger partial charge in [-0.2, -0.15) is 0 Å². The maximum Gasteiger partial charge on any atom is 0.257 e. The number of pyridine rings is 1. The molecular weight excluding hydrogens is 302 g/mol. The molecule has 1 aromatic carbocycles. The molecule has 0 saturated heterocycles. The van der Waals surface area contributed by atoms with Crippen molar-refractivity contribution in [1.82, 2.24) is 9.55 Å². The van der Waals surface area contributed by atoms with Gasteiger partial charge in [-0.15, -0.1) is 0 Å². The minimum Gasteiger partial charge on any atom is -0.494 e. The third-order valence-corrected chi connectivity index (χ3v) is 4.12. The molecule has 0 aliphatic carbocycles. The average molecular weight is 315 g/mol. The molecule has 0 aliphatic heterocycles. The zero-order valence-corrected chi connectivity index (χ0v) is 12.8. The van der Waals surface area contributed by atoms with E-state index in [-0.39, 0.29) is 11.5 Å². The van der Waals surface area contributed by atoms with Gasteiger partial charge in [-0.05, 0) is 18.2 Å². The lowest BCUT2D eigenvalue weighted by molar-refractivity contribution is 0.102. The molecular formula is C15H13N3O3S. The highest BCUT2D eigenvalue weighted by atomic mass is 32.1. The van der Waals surface area contributed by atoms with Crippen LogP contribution in [0.1, 0.15) is 10.4 Å². The number of benzene rings is 1. The summed E-state index contributed by atoms with van der Waals surface area (Å²) in [6.45, 7) is 0. The fourth-order valence-corrected chi connectivity index (χ4v) is 2.88. The summed E-state index contributed by atoms with van der Waals surface area (Å²) in [5.41, 5.74) is 0.766. The summed E-state index contributed by atoms with van der Waals surface area (Å²) in [7, 11) is 3.20. The summed E-state index contributed by atoms with van der Waals surface area (Å²) in [4.78, 5) is 28.1. The molecule has 0 spiro atoms. The van der Waals surface area contributed by atoms with Gasteiger partial charge in [0.1, 0.15) is 11.3 Å². The van der Waals surface area contributed by atoms with E-state index < -0.39 is 0 Å². The number of anilines is 1. The van der Waals surface area contributed by atoms with Crippen molar-refractivity contribution in [2.75, 3.05) is 12.4 Å². The van der Waals surface area contributed by atoms with Crippen LogP contribution in [0.25, 0.3) is 10.2 Å². The lowest BCUT2D eigenvalue weighted by Crippen LogP contribution is -2.19. The second kappa shape index (κ2) is 5.61. The van der Waals surface area contributed by atoms with Crippen molar-refractivity contribution in [3.63, 3.8) is 0 Å². The second-order valence-corrected chi connectivity index (χ2v) is 5.68. The summed E-state index contributed by atoms with van der Waals surface area (Å²) >= 11 is 1.35. The highest BCUT2D eigenvalue weighted by Crippen LogP contribution is 2.32. The Morgan fingerprint density at radius 3 is 2.91 bits per heavy atom. The number of rotatable bonds is 3. The summed E-state index contributed by atoms with van der Waals surface area (Å²) < 4.78 is 7.56. The number of carbonyl (C=O) groups excluding carboxylic acids is 1. The summed E-state index contributed by atoms with van der Waals surface area (Å²) in [6.07, 6.45) is 1.55. The van der Waals surface area contributed by atoms with Crippen LogP contribution in [0.3, 0.4) is 0 Å². The van der Waals surface area contributed by atoms with Crippen molar-refractivity contribution in [2.24, 2.45) is 7.05 Å². The zero-order valence-electron chi connectivity index (χ0n) is 12.0. The molecule has 0 bridgehead atoms. The van der Waals surface area contributed by atoms with Gasteiger partial charge in [-0.1, -0.05) is 17.4 Å². The van der Waals surface area contributed by atoms with Crippen molar-refractivity contribution >= 4 is 32.6 Å². The Labute approximate surface area is 130 Å². The van der Waals surface area contributed by atoms with Crippen molar-refractivity contribution in [3.05, 3.63) is 52.4 Å². The van der Waals surface area contributed by atoms with Crippen LogP contribution in [0.4, 0.5) is 5.13 Å². The topological polar surface area (TPSA) is 73.2 Å². The Morgan fingerprint density at radius 2 is 2.18 bits per heavy atom. The molecule has 2 heterocycles. The van der Waals surface area contributed by atoms with E-state index in [1.165, 1.54) is 22.0 Å². The normalized spacial score (nSPS) is 10.6. The molecule has 1 N–H and O–H groups in total. The van der Waals surface area contributed by atoms with Crippen LogP contribution in [-0.4, -0.2) is 22.6 Å². The van der Waals surface area contributed by atoms with Gasteiger partial charge in [0, 0.05) is 24.9 Å². The van der Waals surface area contributed by atoms with E-state index in [9.17, 15) is 9.59 Å². The van der Waals surface area contributed by atoms with Gasteiger partial charge in [0.05, 0.1) is 11.8 Å². The number of nitrogens with one attached hydrogen (secondary N) is 1. The first kappa shape index (κ1) is 14.3. The second-order valence-electron chi connectivity index (χ2n) is 4.64. The number of methoxy groups -OCH3 is 1. The van der Waals surface area contributed by atoms with Crippen molar-refractivity contribution in [1.29, 1.82) is 0 Å². The van der Waals surface area contributed by atoms with Gasteiger partial charge in [0.2, 0.25) is 0 Å². The van der Waals surface area contributed by atoms with Gasteiger partial charge in [-0.25, -0.2) is 4.98 Å². The van der Waals surface area contributed by atoms with Gasteiger partial charge in [-0.3, -0.25) is 14.9 Å². The monoisotopic (exact) mass is 315 g/mol. The third-order valence-electron chi connectivity index (χ3n) is 3.19. The molecule has 0 fully saturated rings. The molecule has 0 saturated carbocycles. The van der Waals surface area contributed by atoms with Crippen LogP contribution < -0.4 is 15.6 Å². The van der Waals surface area contributed by atoms with Crippen LogP contribution in [0, 0.1) is 0 Å². The minimum absolute atomic E-state index is 0.237. The molecule has 1 amide bonds. The SMILES string of the molecule is COc1cccc2sc(NC(=O)c3ccn(C)c(=O)c3)nc12. The largest absolute Gasteiger partial charge is 0.494 e. The lowest BCUT2D eigenvalue weighted by Gasteiger charge is -2.02. The van der Waals surface area contributed by atoms with Crippen LogP contribution in [-0.2, 0) is 7.05 Å². The van der Waals surface area contributed by atoms with Gasteiger partial charge in [0.15, 0.2) is 5.13 Å². The first-order chi connectivity index (χ1) is 10.6. The Kier molecular flexibility index (Phi) is 3.64. The Morgan fingerprint density at radius 1 is 1.36 bits per heavy atom. The number of carbonyl (C=O) groups is 1. The van der Waals surface area contributed by atoms with Gasteiger partial charge >= 0.3 is 0 Å². The van der Waals surface area contributed by atoms with E-state index in [1.807, 2.05) is 18.2 Å². The summed E-state index contributed by atoms with van der Waals surface area (Å²) in [6, 6.07) is 8.47. The molecule has 0 radical (unpaired) electrons. The van der Waals surface area contributed by atoms with Crippen LogP contribution in [0.5, 0.6) is 5.75 Å². The Hall–Kier alpha value is -2.67. The van der Waals surface area contributed by atoms with E-state index >= 15 is 0 Å². The summed E-state index contributed by atoms with van der Waals surface area (Å²) in [5, 5.41) is 3.17. The minimum atomic E-state index is -0.365. The smallest absolute Gasteiger partial charge is 0.257 e. The lowest BCUT2D eigenvalue weighted by atomic mass is 10.2. The van der Waals surface area contributed by atoms with Crippen molar-refractivity contribution in [3.8, 4) is 5.75 Å². The molecule has 112 valence electrons. The van der Waals surface area contributed by atoms with Gasteiger partial charge < -0.3 is 9.30 Å². The molecule has 0 unspecified atom stereocenters. The van der Waals surface area contributed by atoms with E-state index in [4.69, 9.17) is 4.74 Å². The van der Waals surface area contributed by atoms with Crippen LogP contribution >= 0.6 is 11.3 Å². The molecule has 0 aliphatic rings. The maximum atomic E-state index is 12.2. The molecule has 3 aromatic rings. The van der Waals surface area contributed by atoms with E-state index in [0.29, 0.717) is 22.0 Å². The molecule has 7 heteroatoms. The number of fused-ring (bicyclic) bond motifs is 1. The molecule has 0 atom stereocenters. The highest BCUT2D eigenvalue weighted by molar-refractivity contribution is 7.22. The number of nitrogens with zero attached hydrogens (tertiary/aromatic N) is 2. The predicted molar refractivity (Wildman–Crippen MR) is 85.8 cm³/mol. The number of thiazole rings is 1. The van der Waals surface area contributed by atoms with E-state index in [2.05, 4.69) is 10.3 Å². The van der Waals surface area contributed by atoms with Crippen LogP contribution in [0.2, 0.25) is 0 Å².